The smallest absolute Gasteiger partial charge is 0.214 e. The van der Waals surface area contributed by atoms with Gasteiger partial charge in [0.05, 0.1) is 0 Å². The Morgan fingerprint density at radius 1 is 1.40 bits per heavy atom. The van der Waals surface area contributed by atoms with E-state index < -0.39 is 26.2 Å². The Hall–Kier alpha value is 0.270. The maximum absolute atomic E-state index is 11.9. The molecule has 2 aliphatic heterocycles. The minimum absolute atomic E-state index is 0.692. The number of ketones is 1. The molecule has 82 valence electrons. The Balaban J connectivity index is 2.59. The highest BCUT2D eigenvalue weighted by Gasteiger charge is 2.68. The fourth-order valence-electron chi connectivity index (χ4n) is 1.65. The molecule has 0 amide bonds. The van der Waals surface area contributed by atoms with Gasteiger partial charge in [-0.25, -0.2) is 0 Å². The number of hydrogen-bond acceptors (Lipinski definition) is 2. The lowest BCUT2D eigenvalue weighted by Crippen LogP contribution is -2.62. The van der Waals surface area contributed by atoms with Gasteiger partial charge < -0.3 is 4.74 Å². The zero-order chi connectivity index (χ0) is 11.5. The number of fused-ring (bicyclic) bond motifs is 2. The molecular formula is C9H6Cl4O2. The van der Waals surface area contributed by atoms with Gasteiger partial charge in [0.1, 0.15) is 11.7 Å². The molecule has 1 fully saturated rings. The third-order valence-electron chi connectivity index (χ3n) is 2.58. The molecule has 0 N–H and O–H groups in total. The molecule has 0 aromatic heterocycles. The van der Waals surface area contributed by atoms with Crippen molar-refractivity contribution in [2.45, 2.75) is 20.4 Å². The van der Waals surface area contributed by atoms with Crippen molar-refractivity contribution >= 4 is 52.2 Å². The van der Waals surface area contributed by atoms with Crippen LogP contribution in [0.5, 0.6) is 0 Å². The van der Waals surface area contributed by atoms with Crippen molar-refractivity contribution in [1.29, 1.82) is 0 Å². The van der Waals surface area contributed by atoms with E-state index >= 15 is 0 Å². The van der Waals surface area contributed by atoms with E-state index in [4.69, 9.17) is 51.1 Å². The maximum Gasteiger partial charge on any atom is 0.214 e. The summed E-state index contributed by atoms with van der Waals surface area (Å²) in [5.41, 5.74) is -1.24. The van der Waals surface area contributed by atoms with Gasteiger partial charge in [-0.05, 0) is 6.08 Å². The number of halogens is 4. The molecule has 2 aliphatic rings. The molecular weight excluding hydrogens is 282 g/mol. The van der Waals surface area contributed by atoms with Gasteiger partial charge in [-0.3, -0.25) is 4.79 Å². The standard InChI is InChI=1S/C9H6Cl4O2/c1-2-7-4-3-5(15-7)8(10,11)6(14)9(7,12)13/h2-5H,1H2/t5-,7+/m1/s1. The molecule has 0 unspecified atom stereocenters. The molecule has 1 saturated heterocycles. The van der Waals surface area contributed by atoms with Crippen LogP contribution in [0.3, 0.4) is 0 Å². The van der Waals surface area contributed by atoms with Crippen molar-refractivity contribution in [3.63, 3.8) is 0 Å². The summed E-state index contributed by atoms with van der Waals surface area (Å²) in [5, 5.41) is 0. The molecule has 0 aliphatic carbocycles. The molecule has 0 radical (unpaired) electrons. The van der Waals surface area contributed by atoms with Gasteiger partial charge >= 0.3 is 0 Å². The van der Waals surface area contributed by atoms with Crippen LogP contribution in [0.15, 0.2) is 24.8 Å². The second-order valence-corrected chi connectivity index (χ2v) is 6.13. The predicted molar refractivity (Wildman–Crippen MR) is 60.8 cm³/mol. The van der Waals surface area contributed by atoms with E-state index in [2.05, 4.69) is 6.58 Å². The van der Waals surface area contributed by atoms with Crippen LogP contribution in [0.4, 0.5) is 0 Å². The third-order valence-corrected chi connectivity index (χ3v) is 4.29. The van der Waals surface area contributed by atoms with Crippen LogP contribution in [0, 0.1) is 0 Å². The molecule has 6 heteroatoms. The largest absolute Gasteiger partial charge is 0.352 e. The Morgan fingerprint density at radius 3 is 2.53 bits per heavy atom. The van der Waals surface area contributed by atoms with Crippen molar-refractivity contribution in [3.05, 3.63) is 24.8 Å². The van der Waals surface area contributed by atoms with E-state index in [0.717, 1.165) is 0 Å². The Kier molecular flexibility index (Phi) is 2.46. The fourth-order valence-corrected chi connectivity index (χ4v) is 3.03. The first-order chi connectivity index (χ1) is 6.78. The van der Waals surface area contributed by atoms with Gasteiger partial charge in [-0.15, -0.1) is 0 Å². The molecule has 0 saturated carbocycles. The first-order valence-electron chi connectivity index (χ1n) is 4.09. The Morgan fingerprint density at radius 2 is 2.00 bits per heavy atom. The highest BCUT2D eigenvalue weighted by molar-refractivity contribution is 6.70. The number of alkyl halides is 4. The molecule has 0 aromatic rings. The number of rotatable bonds is 1. The highest BCUT2D eigenvalue weighted by atomic mass is 35.5. The molecule has 2 heterocycles. The van der Waals surface area contributed by atoms with E-state index in [0.29, 0.717) is 0 Å². The lowest BCUT2D eigenvalue weighted by molar-refractivity contribution is -0.136. The number of hydrogen-bond donors (Lipinski definition) is 0. The number of carbonyl (C=O) groups is 1. The first kappa shape index (κ1) is 11.7. The Bertz CT molecular complexity index is 374. The van der Waals surface area contributed by atoms with Gasteiger partial charge in [0.15, 0.2) is 0 Å². The quantitative estimate of drug-likeness (QED) is 0.548. The zero-order valence-electron chi connectivity index (χ0n) is 7.34. The minimum atomic E-state index is -1.86. The summed E-state index contributed by atoms with van der Waals surface area (Å²) in [7, 11) is 0. The van der Waals surface area contributed by atoms with Crippen LogP contribution >= 0.6 is 46.4 Å². The molecule has 2 rings (SSSR count). The van der Waals surface area contributed by atoms with E-state index in [1.54, 1.807) is 12.2 Å². The van der Waals surface area contributed by atoms with Gasteiger partial charge in [0.25, 0.3) is 0 Å². The van der Waals surface area contributed by atoms with Crippen molar-refractivity contribution in [2.24, 2.45) is 0 Å². The predicted octanol–water partition coefficient (Wildman–Crippen LogP) is 2.80. The topological polar surface area (TPSA) is 26.3 Å². The monoisotopic (exact) mass is 286 g/mol. The Labute approximate surface area is 107 Å². The minimum Gasteiger partial charge on any atom is -0.352 e. The van der Waals surface area contributed by atoms with Crippen molar-refractivity contribution in [3.8, 4) is 0 Å². The highest BCUT2D eigenvalue weighted by Crippen LogP contribution is 2.55. The third kappa shape index (κ3) is 1.26. The van der Waals surface area contributed by atoms with Crippen LogP contribution < -0.4 is 0 Å². The van der Waals surface area contributed by atoms with Crippen LogP contribution in [0.2, 0.25) is 0 Å². The van der Waals surface area contributed by atoms with Crippen molar-refractivity contribution < 1.29 is 9.53 Å². The summed E-state index contributed by atoms with van der Waals surface area (Å²) < 4.78 is 1.84. The second kappa shape index (κ2) is 3.14. The maximum atomic E-state index is 11.9. The first-order valence-corrected chi connectivity index (χ1v) is 5.60. The average molecular weight is 288 g/mol. The van der Waals surface area contributed by atoms with E-state index in [9.17, 15) is 4.79 Å². The lowest BCUT2D eigenvalue weighted by atomic mass is 9.93. The number of ether oxygens (including phenoxy) is 1. The zero-order valence-corrected chi connectivity index (χ0v) is 10.4. The van der Waals surface area contributed by atoms with Crippen molar-refractivity contribution in [1.82, 2.24) is 0 Å². The number of Topliss-reactive ketones (excluding diaryl/α,β-unsaturated/α-hetero) is 1. The summed E-state index contributed by atoms with van der Waals surface area (Å²) in [6.07, 6.45) is 3.72. The SMILES string of the molecule is C=C[C@@]12C=C[C@@H](O1)C(Cl)(Cl)C(=O)C2(Cl)Cl. The number of carbonyl (C=O) groups excluding carboxylic acids is 1. The van der Waals surface area contributed by atoms with E-state index in [-0.39, 0.29) is 0 Å². The summed E-state index contributed by atoms with van der Waals surface area (Å²) in [5.74, 6) is -0.692. The fraction of sp³-hybridized carbons (Fsp3) is 0.444. The molecule has 2 bridgehead atoms. The van der Waals surface area contributed by atoms with E-state index in [1.807, 2.05) is 0 Å². The lowest BCUT2D eigenvalue weighted by Gasteiger charge is -2.44. The second-order valence-electron chi connectivity index (χ2n) is 3.42. The van der Waals surface area contributed by atoms with E-state index in [1.165, 1.54) is 6.08 Å². The van der Waals surface area contributed by atoms with Gasteiger partial charge in [0.2, 0.25) is 14.4 Å². The summed E-state index contributed by atoms with van der Waals surface area (Å²) in [6.45, 7) is 3.55. The van der Waals surface area contributed by atoms with Gasteiger partial charge in [-0.1, -0.05) is 65.1 Å². The molecule has 0 aromatic carbocycles. The molecule has 0 spiro atoms. The normalized spacial score (nSPS) is 40.5. The molecule has 2 atom stereocenters. The van der Waals surface area contributed by atoms with Gasteiger partial charge in [-0.2, -0.15) is 0 Å². The van der Waals surface area contributed by atoms with Crippen LogP contribution in [0.1, 0.15) is 0 Å². The summed E-state index contributed by atoms with van der Waals surface area (Å²) in [4.78, 5) is 11.9. The van der Waals surface area contributed by atoms with Crippen molar-refractivity contribution in [2.75, 3.05) is 0 Å². The van der Waals surface area contributed by atoms with Crippen LogP contribution in [-0.4, -0.2) is 26.2 Å². The van der Waals surface area contributed by atoms with Gasteiger partial charge in [0, 0.05) is 0 Å². The summed E-state index contributed by atoms with van der Waals surface area (Å²) >= 11 is 23.6. The average Bonchev–Trinajstić information content (AvgIpc) is 2.59. The summed E-state index contributed by atoms with van der Waals surface area (Å²) in [6, 6.07) is 0. The molecule has 15 heavy (non-hydrogen) atoms. The molecule has 2 nitrogen and oxygen atoms in total. The van der Waals surface area contributed by atoms with Crippen LogP contribution in [0.25, 0.3) is 0 Å². The van der Waals surface area contributed by atoms with Crippen LogP contribution in [-0.2, 0) is 9.53 Å².